The standard InChI is InChI=1S/C15H9ClN2O3/c1-7-10(6-20-18-7)14-17-13(15(19)21-14)9-5-8-3-2-4-11(16)12(8)9/h2-4,6H,5H2,1H3. The number of allylic oxidation sites excluding steroid dienone is 1. The van der Waals surface area contributed by atoms with Crippen molar-refractivity contribution < 1.29 is 14.1 Å². The van der Waals surface area contributed by atoms with Crippen LogP contribution in [0.4, 0.5) is 0 Å². The Morgan fingerprint density at radius 3 is 2.90 bits per heavy atom. The van der Waals surface area contributed by atoms with Crippen LogP contribution in [0, 0.1) is 6.92 Å². The molecule has 0 saturated heterocycles. The number of ether oxygens (including phenoxy) is 1. The third-order valence-electron chi connectivity index (χ3n) is 3.63. The molecule has 0 N–H and O–H groups in total. The smallest absolute Gasteiger partial charge is 0.364 e. The highest BCUT2D eigenvalue weighted by molar-refractivity contribution is 6.33. The van der Waals surface area contributed by atoms with Crippen LogP contribution in [0.3, 0.4) is 0 Å². The summed E-state index contributed by atoms with van der Waals surface area (Å²) >= 11 is 6.19. The van der Waals surface area contributed by atoms with Crippen molar-refractivity contribution in [1.82, 2.24) is 5.16 Å². The molecule has 2 aliphatic rings. The average molecular weight is 301 g/mol. The molecule has 6 heteroatoms. The molecule has 0 bridgehead atoms. The van der Waals surface area contributed by atoms with E-state index in [1.165, 1.54) is 6.26 Å². The molecular weight excluding hydrogens is 292 g/mol. The first kappa shape index (κ1) is 12.3. The van der Waals surface area contributed by atoms with Crippen molar-refractivity contribution in [3.05, 3.63) is 57.6 Å². The third-order valence-corrected chi connectivity index (χ3v) is 3.95. The van der Waals surface area contributed by atoms with Gasteiger partial charge in [-0.05, 0) is 24.1 Å². The largest absolute Gasteiger partial charge is 0.402 e. The molecule has 1 aromatic heterocycles. The number of hydrogen-bond donors (Lipinski definition) is 0. The number of carbonyl (C=O) groups is 1. The van der Waals surface area contributed by atoms with Crippen LogP contribution >= 0.6 is 11.6 Å². The van der Waals surface area contributed by atoms with Gasteiger partial charge in [-0.2, -0.15) is 0 Å². The van der Waals surface area contributed by atoms with E-state index in [9.17, 15) is 4.79 Å². The number of carbonyl (C=O) groups excluding carboxylic acids is 1. The predicted molar refractivity (Wildman–Crippen MR) is 75.9 cm³/mol. The number of nitrogens with zero attached hydrogens (tertiary/aromatic N) is 2. The fourth-order valence-electron chi connectivity index (χ4n) is 2.54. The first-order valence-corrected chi connectivity index (χ1v) is 6.76. The average Bonchev–Trinajstić information content (AvgIpc) is 2.98. The van der Waals surface area contributed by atoms with Gasteiger partial charge < -0.3 is 9.26 Å². The van der Waals surface area contributed by atoms with E-state index in [0.717, 1.165) is 16.7 Å². The number of benzene rings is 1. The van der Waals surface area contributed by atoms with Crippen LogP contribution < -0.4 is 0 Å². The second kappa shape index (κ2) is 4.30. The zero-order chi connectivity index (χ0) is 14.6. The van der Waals surface area contributed by atoms with Gasteiger partial charge in [0.15, 0.2) is 5.70 Å². The zero-order valence-corrected chi connectivity index (χ0v) is 11.8. The summed E-state index contributed by atoms with van der Waals surface area (Å²) in [6.07, 6.45) is 2.08. The number of aromatic nitrogens is 1. The quantitative estimate of drug-likeness (QED) is 0.600. The maximum atomic E-state index is 12.1. The van der Waals surface area contributed by atoms with Crippen LogP contribution in [0.2, 0.25) is 5.02 Å². The summed E-state index contributed by atoms with van der Waals surface area (Å²) in [6, 6.07) is 5.68. The molecule has 104 valence electrons. The van der Waals surface area contributed by atoms with Gasteiger partial charge in [-0.3, -0.25) is 0 Å². The van der Waals surface area contributed by atoms with Gasteiger partial charge in [0, 0.05) is 17.0 Å². The molecule has 0 unspecified atom stereocenters. The molecule has 2 aromatic rings. The van der Waals surface area contributed by atoms with Gasteiger partial charge in [0.05, 0.1) is 11.3 Å². The van der Waals surface area contributed by atoms with Crippen molar-refractivity contribution in [1.29, 1.82) is 0 Å². The number of fused-ring (bicyclic) bond motifs is 1. The second-order valence-corrected chi connectivity index (χ2v) is 5.31. The Morgan fingerprint density at radius 1 is 1.33 bits per heavy atom. The van der Waals surface area contributed by atoms with Crippen LogP contribution in [-0.4, -0.2) is 17.0 Å². The highest BCUT2D eigenvalue weighted by Gasteiger charge is 2.34. The molecule has 0 amide bonds. The lowest BCUT2D eigenvalue weighted by Gasteiger charge is -2.24. The number of halogens is 1. The first-order valence-electron chi connectivity index (χ1n) is 6.38. The summed E-state index contributed by atoms with van der Waals surface area (Å²) < 4.78 is 10.1. The summed E-state index contributed by atoms with van der Waals surface area (Å²) in [7, 11) is 0. The van der Waals surface area contributed by atoms with Crippen molar-refractivity contribution in [2.75, 3.05) is 0 Å². The normalized spacial score (nSPS) is 19.9. The lowest BCUT2D eigenvalue weighted by molar-refractivity contribution is -0.129. The topological polar surface area (TPSA) is 64.7 Å². The number of rotatable bonds is 1. The highest BCUT2D eigenvalue weighted by Crippen LogP contribution is 2.42. The van der Waals surface area contributed by atoms with Gasteiger partial charge >= 0.3 is 5.97 Å². The van der Waals surface area contributed by atoms with Gasteiger partial charge in [0.2, 0.25) is 5.90 Å². The fourth-order valence-corrected chi connectivity index (χ4v) is 2.85. The summed E-state index contributed by atoms with van der Waals surface area (Å²) in [4.78, 5) is 16.4. The molecule has 4 rings (SSSR count). The Morgan fingerprint density at radius 2 is 2.19 bits per heavy atom. The van der Waals surface area contributed by atoms with Crippen LogP contribution in [0.5, 0.6) is 0 Å². The van der Waals surface area contributed by atoms with E-state index >= 15 is 0 Å². The molecule has 2 heterocycles. The summed E-state index contributed by atoms with van der Waals surface area (Å²) in [6.45, 7) is 1.76. The minimum Gasteiger partial charge on any atom is -0.402 e. The lowest BCUT2D eigenvalue weighted by atomic mass is 9.81. The number of aliphatic imine (C=N–C) groups is 1. The number of esters is 1. The van der Waals surface area contributed by atoms with E-state index in [-0.39, 0.29) is 5.90 Å². The highest BCUT2D eigenvalue weighted by atomic mass is 35.5. The maximum absolute atomic E-state index is 12.1. The van der Waals surface area contributed by atoms with E-state index in [1.807, 2.05) is 12.1 Å². The SMILES string of the molecule is Cc1nocc1C1=NC(=C2Cc3cccc(Cl)c32)C(=O)O1. The van der Waals surface area contributed by atoms with Crippen molar-refractivity contribution in [3.63, 3.8) is 0 Å². The zero-order valence-electron chi connectivity index (χ0n) is 11.0. The summed E-state index contributed by atoms with van der Waals surface area (Å²) in [5.74, 6) is -0.243. The Bertz CT molecular complexity index is 834. The number of hydrogen-bond acceptors (Lipinski definition) is 5. The molecular formula is C15H9ClN2O3. The number of cyclic esters (lactones) is 1. The van der Waals surface area contributed by atoms with Gasteiger partial charge in [-0.25, -0.2) is 9.79 Å². The minimum atomic E-state index is -0.467. The van der Waals surface area contributed by atoms with Crippen LogP contribution in [0.25, 0.3) is 5.57 Å². The van der Waals surface area contributed by atoms with Gasteiger partial charge in [-0.15, -0.1) is 0 Å². The van der Waals surface area contributed by atoms with Crippen molar-refractivity contribution in [2.24, 2.45) is 4.99 Å². The molecule has 0 fully saturated rings. The molecule has 5 nitrogen and oxygen atoms in total. The minimum absolute atomic E-state index is 0.224. The molecule has 0 saturated carbocycles. The van der Waals surface area contributed by atoms with E-state index in [0.29, 0.717) is 28.4 Å². The van der Waals surface area contributed by atoms with E-state index < -0.39 is 5.97 Å². The third kappa shape index (κ3) is 1.74. The van der Waals surface area contributed by atoms with Crippen molar-refractivity contribution in [3.8, 4) is 0 Å². The van der Waals surface area contributed by atoms with E-state index in [4.69, 9.17) is 20.9 Å². The Labute approximate surface area is 124 Å². The molecule has 1 aromatic carbocycles. The van der Waals surface area contributed by atoms with Crippen LogP contribution in [0.1, 0.15) is 22.4 Å². The summed E-state index contributed by atoms with van der Waals surface area (Å²) in [5.41, 5.74) is 4.34. The first-order chi connectivity index (χ1) is 10.1. The van der Waals surface area contributed by atoms with Gasteiger partial charge in [0.25, 0.3) is 0 Å². The van der Waals surface area contributed by atoms with Gasteiger partial charge in [-0.1, -0.05) is 28.9 Å². The molecule has 0 radical (unpaired) electrons. The van der Waals surface area contributed by atoms with Gasteiger partial charge in [0.1, 0.15) is 6.26 Å². The van der Waals surface area contributed by atoms with Crippen LogP contribution in [0.15, 0.2) is 39.7 Å². The maximum Gasteiger partial charge on any atom is 0.364 e. The monoisotopic (exact) mass is 300 g/mol. The molecule has 1 aliphatic heterocycles. The Balaban J connectivity index is 1.82. The molecule has 0 spiro atoms. The summed E-state index contributed by atoms with van der Waals surface area (Å²) in [5, 5.41) is 4.38. The fraction of sp³-hybridized carbons (Fsp3) is 0.133. The lowest BCUT2D eigenvalue weighted by Crippen LogP contribution is -2.13. The second-order valence-electron chi connectivity index (χ2n) is 4.90. The Kier molecular flexibility index (Phi) is 2.53. The van der Waals surface area contributed by atoms with Crippen molar-refractivity contribution >= 4 is 29.0 Å². The van der Waals surface area contributed by atoms with E-state index in [1.54, 1.807) is 13.0 Å². The van der Waals surface area contributed by atoms with Crippen molar-refractivity contribution in [2.45, 2.75) is 13.3 Å². The molecule has 21 heavy (non-hydrogen) atoms. The number of aryl methyl sites for hydroxylation is 1. The molecule has 0 atom stereocenters. The van der Waals surface area contributed by atoms with E-state index in [2.05, 4.69) is 10.1 Å². The Hall–Kier alpha value is -2.40. The van der Waals surface area contributed by atoms with Crippen LogP contribution in [-0.2, 0) is 16.0 Å². The molecule has 1 aliphatic carbocycles. The predicted octanol–water partition coefficient (Wildman–Crippen LogP) is 2.91.